The van der Waals surface area contributed by atoms with Crippen molar-refractivity contribution in [2.24, 2.45) is 5.92 Å². The van der Waals surface area contributed by atoms with E-state index in [0.29, 0.717) is 6.04 Å². The summed E-state index contributed by atoms with van der Waals surface area (Å²) < 4.78 is 2.41. The quantitative estimate of drug-likeness (QED) is 0.924. The van der Waals surface area contributed by atoms with Crippen LogP contribution in [0.15, 0.2) is 24.3 Å². The van der Waals surface area contributed by atoms with Gasteiger partial charge in [-0.15, -0.1) is 0 Å². The van der Waals surface area contributed by atoms with Crippen LogP contribution < -0.4 is 5.32 Å². The van der Waals surface area contributed by atoms with E-state index in [1.54, 1.807) is 0 Å². The maximum absolute atomic E-state index is 4.87. The molecule has 20 heavy (non-hydrogen) atoms. The molecule has 2 aromatic rings. The van der Waals surface area contributed by atoms with E-state index in [-0.39, 0.29) is 0 Å². The normalized spacial score (nSPS) is 23.3. The first-order chi connectivity index (χ1) is 9.78. The van der Waals surface area contributed by atoms with E-state index in [2.05, 4.69) is 48.0 Å². The molecule has 0 spiro atoms. The predicted molar refractivity (Wildman–Crippen MR) is 83.9 cm³/mol. The second-order valence-electron chi connectivity index (χ2n) is 6.16. The SMILES string of the molecule is CCCn1c(CC2CCC(C)CN2)nc2ccccc21. The number of aryl methyl sites for hydroxylation is 1. The number of imidazole rings is 1. The van der Waals surface area contributed by atoms with Crippen LogP contribution in [-0.2, 0) is 13.0 Å². The zero-order valence-electron chi connectivity index (χ0n) is 12.6. The molecule has 1 aliphatic rings. The van der Waals surface area contributed by atoms with E-state index < -0.39 is 0 Å². The average molecular weight is 271 g/mol. The van der Waals surface area contributed by atoms with E-state index in [0.717, 1.165) is 37.4 Å². The Bertz CT molecular complexity index is 565. The number of aromatic nitrogens is 2. The standard InChI is InChI=1S/C17H25N3/c1-3-10-20-16-7-5-4-6-15(16)19-17(20)11-14-9-8-13(2)12-18-14/h4-7,13-14,18H,3,8-12H2,1-2H3. The summed E-state index contributed by atoms with van der Waals surface area (Å²) in [4.78, 5) is 4.87. The number of hydrogen-bond acceptors (Lipinski definition) is 2. The van der Waals surface area contributed by atoms with Crippen molar-refractivity contribution in [1.82, 2.24) is 14.9 Å². The maximum Gasteiger partial charge on any atom is 0.111 e. The molecule has 0 aliphatic carbocycles. The molecule has 2 atom stereocenters. The number of nitrogens with zero attached hydrogens (tertiary/aromatic N) is 2. The molecule has 3 rings (SSSR count). The monoisotopic (exact) mass is 271 g/mol. The maximum atomic E-state index is 4.87. The number of rotatable bonds is 4. The summed E-state index contributed by atoms with van der Waals surface area (Å²) in [6, 6.07) is 9.11. The van der Waals surface area contributed by atoms with E-state index in [1.165, 1.54) is 24.2 Å². The molecule has 2 unspecified atom stereocenters. The summed E-state index contributed by atoms with van der Waals surface area (Å²) in [5.74, 6) is 2.07. The van der Waals surface area contributed by atoms with Crippen LogP contribution in [0.4, 0.5) is 0 Å². The van der Waals surface area contributed by atoms with Crippen LogP contribution in [-0.4, -0.2) is 22.1 Å². The van der Waals surface area contributed by atoms with Crippen LogP contribution in [0.2, 0.25) is 0 Å². The topological polar surface area (TPSA) is 29.9 Å². The van der Waals surface area contributed by atoms with Crippen molar-refractivity contribution in [1.29, 1.82) is 0 Å². The lowest BCUT2D eigenvalue weighted by atomic mass is 9.94. The molecule has 3 nitrogen and oxygen atoms in total. The number of fused-ring (bicyclic) bond motifs is 1. The van der Waals surface area contributed by atoms with Crippen molar-refractivity contribution in [2.45, 2.75) is 52.1 Å². The van der Waals surface area contributed by atoms with Gasteiger partial charge in [-0.2, -0.15) is 0 Å². The molecule has 0 radical (unpaired) electrons. The fourth-order valence-corrected chi connectivity index (χ4v) is 3.21. The van der Waals surface area contributed by atoms with Gasteiger partial charge in [-0.05, 0) is 43.9 Å². The molecular formula is C17H25N3. The summed E-state index contributed by atoms with van der Waals surface area (Å²) in [5.41, 5.74) is 2.42. The molecule has 1 N–H and O–H groups in total. The molecule has 2 heterocycles. The van der Waals surface area contributed by atoms with Crippen LogP contribution in [0.25, 0.3) is 11.0 Å². The molecule has 108 valence electrons. The Labute approximate surface area is 121 Å². The highest BCUT2D eigenvalue weighted by Gasteiger charge is 2.20. The third kappa shape index (κ3) is 2.73. The van der Waals surface area contributed by atoms with Gasteiger partial charge in [0.2, 0.25) is 0 Å². The largest absolute Gasteiger partial charge is 0.328 e. The van der Waals surface area contributed by atoms with Gasteiger partial charge in [0.1, 0.15) is 5.82 Å². The second kappa shape index (κ2) is 5.96. The summed E-state index contributed by atoms with van der Waals surface area (Å²) in [7, 11) is 0. The molecule has 0 saturated carbocycles. The van der Waals surface area contributed by atoms with Crippen LogP contribution in [0.5, 0.6) is 0 Å². The van der Waals surface area contributed by atoms with Crippen LogP contribution in [0.3, 0.4) is 0 Å². The molecule has 1 saturated heterocycles. The van der Waals surface area contributed by atoms with E-state index in [1.807, 2.05) is 0 Å². The van der Waals surface area contributed by atoms with Crippen LogP contribution in [0, 0.1) is 5.92 Å². The molecular weight excluding hydrogens is 246 g/mol. The van der Waals surface area contributed by atoms with Gasteiger partial charge in [0, 0.05) is 19.0 Å². The lowest BCUT2D eigenvalue weighted by molar-refractivity contribution is 0.321. The minimum atomic E-state index is 0.596. The Morgan fingerprint density at radius 1 is 1.30 bits per heavy atom. The summed E-state index contributed by atoms with van der Waals surface area (Å²) in [6.07, 6.45) is 4.83. The third-order valence-corrected chi connectivity index (χ3v) is 4.37. The summed E-state index contributed by atoms with van der Waals surface area (Å²) in [6.45, 7) is 6.78. The first-order valence-corrected chi connectivity index (χ1v) is 7.95. The zero-order chi connectivity index (χ0) is 13.9. The van der Waals surface area contributed by atoms with Gasteiger partial charge in [-0.25, -0.2) is 4.98 Å². The van der Waals surface area contributed by atoms with Gasteiger partial charge in [0.05, 0.1) is 11.0 Å². The van der Waals surface area contributed by atoms with E-state index in [9.17, 15) is 0 Å². The lowest BCUT2D eigenvalue weighted by Gasteiger charge is -2.27. The van der Waals surface area contributed by atoms with Crippen molar-refractivity contribution < 1.29 is 0 Å². The van der Waals surface area contributed by atoms with Gasteiger partial charge in [-0.1, -0.05) is 26.0 Å². The van der Waals surface area contributed by atoms with Gasteiger partial charge in [0.25, 0.3) is 0 Å². The van der Waals surface area contributed by atoms with Crippen LogP contribution >= 0.6 is 0 Å². The number of hydrogen-bond donors (Lipinski definition) is 1. The van der Waals surface area contributed by atoms with E-state index >= 15 is 0 Å². The van der Waals surface area contributed by atoms with E-state index in [4.69, 9.17) is 4.98 Å². The molecule has 0 amide bonds. The molecule has 1 aromatic carbocycles. The molecule has 0 bridgehead atoms. The Morgan fingerprint density at radius 2 is 2.15 bits per heavy atom. The number of para-hydroxylation sites is 2. The number of nitrogens with one attached hydrogen (secondary N) is 1. The molecule has 3 heteroatoms. The predicted octanol–water partition coefficient (Wildman–Crippen LogP) is 3.38. The highest BCUT2D eigenvalue weighted by Crippen LogP contribution is 2.21. The van der Waals surface area contributed by atoms with Crippen molar-refractivity contribution in [2.75, 3.05) is 6.54 Å². The average Bonchev–Trinajstić information content (AvgIpc) is 2.80. The van der Waals surface area contributed by atoms with Gasteiger partial charge >= 0.3 is 0 Å². The second-order valence-corrected chi connectivity index (χ2v) is 6.16. The Balaban J connectivity index is 1.84. The van der Waals surface area contributed by atoms with Crippen LogP contribution in [0.1, 0.15) is 38.9 Å². The van der Waals surface area contributed by atoms with Crippen molar-refractivity contribution in [3.05, 3.63) is 30.1 Å². The Morgan fingerprint density at radius 3 is 2.90 bits per heavy atom. The highest BCUT2D eigenvalue weighted by molar-refractivity contribution is 5.75. The minimum absolute atomic E-state index is 0.596. The third-order valence-electron chi connectivity index (χ3n) is 4.37. The lowest BCUT2D eigenvalue weighted by Crippen LogP contribution is -2.39. The summed E-state index contributed by atoms with van der Waals surface area (Å²) >= 11 is 0. The van der Waals surface area contributed by atoms with Gasteiger partial charge < -0.3 is 9.88 Å². The van der Waals surface area contributed by atoms with Gasteiger partial charge in [-0.3, -0.25) is 0 Å². The number of piperidine rings is 1. The fourth-order valence-electron chi connectivity index (χ4n) is 3.21. The minimum Gasteiger partial charge on any atom is -0.328 e. The van der Waals surface area contributed by atoms with Crippen molar-refractivity contribution in [3.63, 3.8) is 0 Å². The summed E-state index contributed by atoms with van der Waals surface area (Å²) in [5, 5.41) is 3.68. The fraction of sp³-hybridized carbons (Fsp3) is 0.588. The van der Waals surface area contributed by atoms with Crippen molar-refractivity contribution >= 4 is 11.0 Å². The Hall–Kier alpha value is -1.35. The van der Waals surface area contributed by atoms with Crippen molar-refractivity contribution in [3.8, 4) is 0 Å². The molecule has 1 aliphatic heterocycles. The molecule has 1 fully saturated rings. The zero-order valence-corrected chi connectivity index (χ0v) is 12.6. The first kappa shape index (κ1) is 13.6. The first-order valence-electron chi connectivity index (χ1n) is 7.95. The highest BCUT2D eigenvalue weighted by atomic mass is 15.1. The smallest absolute Gasteiger partial charge is 0.111 e. The number of benzene rings is 1. The van der Waals surface area contributed by atoms with Gasteiger partial charge in [0.15, 0.2) is 0 Å². The Kier molecular flexibility index (Phi) is 4.06. The molecule has 1 aromatic heterocycles.